The maximum absolute atomic E-state index is 12.4. The Kier molecular flexibility index (Phi) is 4.39. The van der Waals surface area contributed by atoms with Crippen molar-refractivity contribution in [1.82, 2.24) is 4.98 Å². The Morgan fingerprint density at radius 3 is 2.75 bits per heavy atom. The van der Waals surface area contributed by atoms with Crippen LogP contribution in [0.2, 0.25) is 0 Å². The molecule has 1 N–H and O–H groups in total. The third-order valence-corrected chi connectivity index (χ3v) is 2.72. The molecule has 1 aromatic heterocycles. The van der Waals surface area contributed by atoms with Crippen molar-refractivity contribution in [3.8, 4) is 5.75 Å². The lowest BCUT2D eigenvalue weighted by Gasteiger charge is -2.10. The zero-order valence-electron chi connectivity index (χ0n) is 8.21. The van der Waals surface area contributed by atoms with Gasteiger partial charge in [-0.2, -0.15) is 0 Å². The number of alkyl halides is 2. The standard InChI is InChI=1S/C9H8F2INO3/c1-16-6-3-5(8(10)11)13-9(12)4(6)2-7(14)15/h3,8H,2H2,1H3,(H,14,15). The van der Waals surface area contributed by atoms with E-state index in [1.165, 1.54) is 7.11 Å². The van der Waals surface area contributed by atoms with Crippen molar-refractivity contribution in [1.29, 1.82) is 0 Å². The number of hydrogen-bond donors (Lipinski definition) is 1. The fourth-order valence-corrected chi connectivity index (χ4v) is 1.88. The number of ether oxygens (including phenoxy) is 1. The Hall–Kier alpha value is -0.990. The van der Waals surface area contributed by atoms with Crippen LogP contribution in [0.3, 0.4) is 0 Å². The van der Waals surface area contributed by atoms with E-state index >= 15 is 0 Å². The number of nitrogens with zero attached hydrogens (tertiary/aromatic N) is 1. The molecule has 0 radical (unpaired) electrons. The highest BCUT2D eigenvalue weighted by Crippen LogP contribution is 2.28. The molecule has 1 aromatic rings. The molecule has 16 heavy (non-hydrogen) atoms. The summed E-state index contributed by atoms with van der Waals surface area (Å²) in [5.74, 6) is -0.945. The molecule has 0 atom stereocenters. The lowest BCUT2D eigenvalue weighted by molar-refractivity contribution is -0.136. The molecule has 88 valence electrons. The van der Waals surface area contributed by atoms with E-state index in [0.717, 1.165) is 6.07 Å². The first-order valence-corrected chi connectivity index (χ1v) is 5.26. The second-order valence-electron chi connectivity index (χ2n) is 2.89. The fraction of sp³-hybridized carbons (Fsp3) is 0.333. The Bertz CT molecular complexity index is 412. The van der Waals surface area contributed by atoms with Gasteiger partial charge >= 0.3 is 5.97 Å². The Morgan fingerprint density at radius 1 is 1.69 bits per heavy atom. The van der Waals surface area contributed by atoms with Crippen LogP contribution >= 0.6 is 22.6 Å². The molecule has 4 nitrogen and oxygen atoms in total. The molecule has 0 aliphatic carbocycles. The highest BCUT2D eigenvalue weighted by Gasteiger charge is 2.18. The largest absolute Gasteiger partial charge is 0.496 e. The smallest absolute Gasteiger partial charge is 0.308 e. The minimum absolute atomic E-state index is 0.122. The van der Waals surface area contributed by atoms with Gasteiger partial charge in [-0.05, 0) is 22.6 Å². The summed E-state index contributed by atoms with van der Waals surface area (Å²) in [5.41, 5.74) is -0.115. The molecule has 0 unspecified atom stereocenters. The number of halogens is 3. The summed E-state index contributed by atoms with van der Waals surface area (Å²) in [5, 5.41) is 8.65. The predicted molar refractivity (Wildman–Crippen MR) is 59.8 cm³/mol. The lowest BCUT2D eigenvalue weighted by atomic mass is 10.1. The number of hydrogen-bond acceptors (Lipinski definition) is 3. The third-order valence-electron chi connectivity index (χ3n) is 1.82. The quantitative estimate of drug-likeness (QED) is 0.673. The monoisotopic (exact) mass is 343 g/mol. The van der Waals surface area contributed by atoms with Crippen LogP contribution in [-0.2, 0) is 11.2 Å². The summed E-state index contributed by atoms with van der Waals surface area (Å²) in [6.45, 7) is 0. The van der Waals surface area contributed by atoms with Gasteiger partial charge in [-0.3, -0.25) is 4.79 Å². The minimum Gasteiger partial charge on any atom is -0.496 e. The molecule has 0 aromatic carbocycles. The van der Waals surface area contributed by atoms with Crippen molar-refractivity contribution in [2.45, 2.75) is 12.8 Å². The molecule has 1 heterocycles. The van der Waals surface area contributed by atoms with Crippen LogP contribution in [-0.4, -0.2) is 23.2 Å². The highest BCUT2D eigenvalue weighted by atomic mass is 127. The van der Waals surface area contributed by atoms with Crippen molar-refractivity contribution >= 4 is 28.6 Å². The van der Waals surface area contributed by atoms with E-state index in [9.17, 15) is 13.6 Å². The zero-order valence-corrected chi connectivity index (χ0v) is 10.4. The summed E-state index contributed by atoms with van der Waals surface area (Å²) in [7, 11) is 1.30. The molecular weight excluding hydrogens is 335 g/mol. The lowest BCUT2D eigenvalue weighted by Crippen LogP contribution is -2.07. The van der Waals surface area contributed by atoms with E-state index in [4.69, 9.17) is 9.84 Å². The zero-order chi connectivity index (χ0) is 12.3. The SMILES string of the molecule is COc1cc(C(F)F)nc(I)c1CC(=O)O. The summed E-state index contributed by atoms with van der Waals surface area (Å²) in [4.78, 5) is 14.2. The first kappa shape index (κ1) is 13.1. The average Bonchev–Trinajstić information content (AvgIpc) is 2.19. The molecule has 0 saturated carbocycles. The number of aliphatic carboxylic acids is 1. The van der Waals surface area contributed by atoms with Crippen molar-refractivity contribution in [2.75, 3.05) is 7.11 Å². The van der Waals surface area contributed by atoms with Crippen molar-refractivity contribution < 1.29 is 23.4 Å². The van der Waals surface area contributed by atoms with E-state index in [1.807, 2.05) is 0 Å². The number of pyridine rings is 1. The van der Waals surface area contributed by atoms with E-state index < -0.39 is 18.1 Å². The molecule has 0 bridgehead atoms. The Balaban J connectivity index is 3.22. The van der Waals surface area contributed by atoms with E-state index in [0.29, 0.717) is 5.56 Å². The number of carboxylic acid groups (broad SMARTS) is 1. The van der Waals surface area contributed by atoms with Crippen molar-refractivity contribution in [3.05, 3.63) is 21.0 Å². The van der Waals surface area contributed by atoms with Gasteiger partial charge in [0.05, 0.1) is 13.5 Å². The van der Waals surface area contributed by atoms with Gasteiger partial charge in [0, 0.05) is 11.6 Å². The second kappa shape index (κ2) is 5.37. The summed E-state index contributed by atoms with van der Waals surface area (Å²) in [6, 6.07) is 1.06. The maximum Gasteiger partial charge on any atom is 0.308 e. The predicted octanol–water partition coefficient (Wildman–Crippen LogP) is 2.26. The van der Waals surface area contributed by atoms with Gasteiger partial charge in [0.25, 0.3) is 6.43 Å². The van der Waals surface area contributed by atoms with Crippen LogP contribution in [0.1, 0.15) is 17.7 Å². The molecule has 0 spiro atoms. The van der Waals surface area contributed by atoms with Crippen LogP contribution < -0.4 is 4.74 Å². The molecular formula is C9H8F2INO3. The van der Waals surface area contributed by atoms with E-state index in [1.54, 1.807) is 22.6 Å². The first-order valence-electron chi connectivity index (χ1n) is 4.19. The summed E-state index contributed by atoms with van der Waals surface area (Å²) >= 11 is 1.71. The molecule has 0 aliphatic heterocycles. The van der Waals surface area contributed by atoms with Crippen LogP contribution in [0.25, 0.3) is 0 Å². The first-order chi connectivity index (χ1) is 7.45. The van der Waals surface area contributed by atoms with Crippen LogP contribution in [0.5, 0.6) is 5.75 Å². The van der Waals surface area contributed by atoms with Crippen molar-refractivity contribution in [2.24, 2.45) is 0 Å². The van der Waals surface area contributed by atoms with Gasteiger partial charge in [0.2, 0.25) is 0 Å². The normalized spacial score (nSPS) is 10.6. The van der Waals surface area contributed by atoms with Gasteiger partial charge in [0.1, 0.15) is 15.1 Å². The van der Waals surface area contributed by atoms with Gasteiger partial charge < -0.3 is 9.84 Å². The number of carbonyl (C=O) groups is 1. The van der Waals surface area contributed by atoms with Crippen LogP contribution in [0.4, 0.5) is 8.78 Å². The third kappa shape index (κ3) is 3.00. The van der Waals surface area contributed by atoms with Gasteiger partial charge in [-0.1, -0.05) is 0 Å². The number of carboxylic acids is 1. The number of methoxy groups -OCH3 is 1. The summed E-state index contributed by atoms with van der Waals surface area (Å²) < 4.78 is 29.9. The topological polar surface area (TPSA) is 59.4 Å². The highest BCUT2D eigenvalue weighted by molar-refractivity contribution is 14.1. The van der Waals surface area contributed by atoms with Crippen LogP contribution in [0, 0.1) is 3.70 Å². The molecule has 0 fully saturated rings. The maximum atomic E-state index is 12.4. The molecule has 0 saturated heterocycles. The van der Waals surface area contributed by atoms with Gasteiger partial charge in [-0.15, -0.1) is 0 Å². The average molecular weight is 343 g/mol. The van der Waals surface area contributed by atoms with Crippen LogP contribution in [0.15, 0.2) is 6.07 Å². The second-order valence-corrected chi connectivity index (χ2v) is 3.91. The summed E-state index contributed by atoms with van der Waals surface area (Å²) in [6.07, 6.45) is -3.01. The fourth-order valence-electron chi connectivity index (χ4n) is 1.14. The minimum atomic E-state index is -2.71. The van der Waals surface area contributed by atoms with E-state index in [-0.39, 0.29) is 15.9 Å². The van der Waals surface area contributed by atoms with Gasteiger partial charge in [-0.25, -0.2) is 13.8 Å². The molecule has 0 amide bonds. The Morgan fingerprint density at radius 2 is 2.31 bits per heavy atom. The van der Waals surface area contributed by atoms with Crippen molar-refractivity contribution in [3.63, 3.8) is 0 Å². The Labute approximate surface area is 104 Å². The van der Waals surface area contributed by atoms with E-state index in [2.05, 4.69) is 4.98 Å². The molecule has 1 rings (SSSR count). The number of aromatic nitrogens is 1. The van der Waals surface area contributed by atoms with Gasteiger partial charge in [0.15, 0.2) is 0 Å². The molecule has 0 aliphatic rings. The molecule has 7 heteroatoms. The number of rotatable bonds is 4.